The Morgan fingerprint density at radius 1 is 1.23 bits per heavy atom. The minimum Gasteiger partial charge on any atom is -0.292 e. The van der Waals surface area contributed by atoms with Crippen LogP contribution < -0.4 is 5.32 Å². The van der Waals surface area contributed by atoms with E-state index in [0.717, 1.165) is 0 Å². The van der Waals surface area contributed by atoms with E-state index in [2.05, 4.69) is 15.4 Å². The summed E-state index contributed by atoms with van der Waals surface area (Å²) in [6.45, 7) is 0.277. The molecule has 1 aromatic carbocycles. The number of hydrogen-bond donors (Lipinski definition) is 1. The van der Waals surface area contributed by atoms with Crippen LogP contribution in [-0.4, -0.2) is 33.6 Å². The van der Waals surface area contributed by atoms with Crippen LogP contribution in [0.5, 0.6) is 0 Å². The number of anilines is 1. The third-order valence-corrected chi connectivity index (χ3v) is 3.36. The fraction of sp³-hybridized carbons (Fsp3) is 0.0714. The monoisotopic (exact) mass is 335 g/mol. The van der Waals surface area contributed by atoms with Gasteiger partial charge in [0.2, 0.25) is 0 Å². The number of carbonyl (C=O) groups is 1. The summed E-state index contributed by atoms with van der Waals surface area (Å²) < 4.78 is 1.55. The number of benzene rings is 1. The van der Waals surface area contributed by atoms with Crippen LogP contribution in [0.15, 0.2) is 47.7 Å². The first-order valence-corrected chi connectivity index (χ1v) is 7.14. The number of aromatic nitrogens is 2. The van der Waals surface area contributed by atoms with Gasteiger partial charge in [0.15, 0.2) is 0 Å². The highest BCUT2D eigenvalue weighted by atomic mass is 35.5. The first-order chi connectivity index (χ1) is 10.6. The second-order valence-corrected chi connectivity index (χ2v) is 5.34. The lowest BCUT2D eigenvalue weighted by Crippen LogP contribution is -2.32. The molecule has 0 saturated heterocycles. The molecule has 22 heavy (non-hydrogen) atoms. The largest absolute Gasteiger partial charge is 0.328 e. The van der Waals surface area contributed by atoms with Crippen molar-refractivity contribution < 1.29 is 4.79 Å². The van der Waals surface area contributed by atoms with E-state index in [-0.39, 0.29) is 12.7 Å². The highest BCUT2D eigenvalue weighted by molar-refractivity contribution is 6.34. The quantitative estimate of drug-likeness (QED) is 0.911. The molecule has 2 aromatic rings. The van der Waals surface area contributed by atoms with Crippen molar-refractivity contribution in [3.05, 3.63) is 52.8 Å². The molecule has 1 N–H and O–H groups in total. The molecular formula is C14H11Cl2N5O. The fourth-order valence-electron chi connectivity index (χ4n) is 1.96. The Morgan fingerprint density at radius 3 is 2.68 bits per heavy atom. The molecule has 2 heterocycles. The summed E-state index contributed by atoms with van der Waals surface area (Å²) in [5.74, 6) is 0.506. The average Bonchev–Trinajstić information content (AvgIpc) is 2.95. The predicted octanol–water partition coefficient (Wildman–Crippen LogP) is 3.57. The molecular weight excluding hydrogens is 325 g/mol. The molecule has 0 spiro atoms. The molecule has 3 rings (SSSR count). The van der Waals surface area contributed by atoms with Gasteiger partial charge in [0.05, 0.1) is 11.9 Å². The van der Waals surface area contributed by atoms with Crippen LogP contribution in [-0.2, 0) is 0 Å². The van der Waals surface area contributed by atoms with Gasteiger partial charge in [-0.2, -0.15) is 5.10 Å². The minimum atomic E-state index is -0.303. The zero-order valence-corrected chi connectivity index (χ0v) is 12.8. The standard InChI is InChI=1S/C14H11Cl2N5O/c15-10-6-11(16)8-12(7-10)21-13(2-4-18-21)19-14(22)20-5-1-3-17-9-20/h1-8H,9H2,(H,19,22). The van der Waals surface area contributed by atoms with E-state index < -0.39 is 0 Å². The number of rotatable bonds is 2. The Labute approximate surface area is 136 Å². The van der Waals surface area contributed by atoms with Crippen molar-refractivity contribution in [2.24, 2.45) is 4.99 Å². The molecule has 1 aromatic heterocycles. The summed E-state index contributed by atoms with van der Waals surface area (Å²) in [5.41, 5.74) is 0.657. The third kappa shape index (κ3) is 3.13. The van der Waals surface area contributed by atoms with Gasteiger partial charge in [0.1, 0.15) is 12.5 Å². The maximum Gasteiger partial charge on any atom is 0.328 e. The predicted molar refractivity (Wildman–Crippen MR) is 86.9 cm³/mol. The molecule has 8 heteroatoms. The van der Waals surface area contributed by atoms with E-state index in [1.807, 2.05) is 0 Å². The lowest BCUT2D eigenvalue weighted by atomic mass is 10.3. The molecule has 2 amide bonds. The van der Waals surface area contributed by atoms with Crippen LogP contribution in [0, 0.1) is 0 Å². The van der Waals surface area contributed by atoms with Gasteiger partial charge in [-0.25, -0.2) is 9.48 Å². The second-order valence-electron chi connectivity index (χ2n) is 4.47. The third-order valence-electron chi connectivity index (χ3n) is 2.92. The molecule has 0 unspecified atom stereocenters. The number of amides is 2. The van der Waals surface area contributed by atoms with Crippen LogP contribution in [0.2, 0.25) is 10.0 Å². The Morgan fingerprint density at radius 2 is 2.00 bits per heavy atom. The molecule has 6 nitrogen and oxygen atoms in total. The molecule has 0 bridgehead atoms. The van der Waals surface area contributed by atoms with Crippen molar-refractivity contribution >= 4 is 41.3 Å². The molecule has 1 aliphatic heterocycles. The summed E-state index contributed by atoms with van der Waals surface area (Å²) in [6, 6.07) is 6.43. The summed E-state index contributed by atoms with van der Waals surface area (Å²) >= 11 is 12.0. The Balaban J connectivity index is 1.84. The van der Waals surface area contributed by atoms with E-state index in [4.69, 9.17) is 23.2 Å². The molecule has 0 radical (unpaired) electrons. The van der Waals surface area contributed by atoms with Crippen molar-refractivity contribution in [3.8, 4) is 5.69 Å². The van der Waals surface area contributed by atoms with Gasteiger partial charge in [-0.3, -0.25) is 15.2 Å². The first kappa shape index (κ1) is 14.6. The number of nitrogens with zero attached hydrogens (tertiary/aromatic N) is 4. The van der Waals surface area contributed by atoms with Crippen molar-refractivity contribution in [1.82, 2.24) is 14.7 Å². The number of carbonyl (C=O) groups excluding carboxylic acids is 1. The van der Waals surface area contributed by atoms with Crippen LogP contribution in [0.4, 0.5) is 10.6 Å². The lowest BCUT2D eigenvalue weighted by Gasteiger charge is -2.18. The molecule has 1 aliphatic rings. The number of aliphatic imine (C=N–C) groups is 1. The van der Waals surface area contributed by atoms with Crippen molar-refractivity contribution in [2.75, 3.05) is 12.0 Å². The Kier molecular flexibility index (Phi) is 4.13. The van der Waals surface area contributed by atoms with Gasteiger partial charge in [0.25, 0.3) is 0 Å². The maximum absolute atomic E-state index is 12.2. The molecule has 112 valence electrons. The number of urea groups is 1. The Bertz CT molecular complexity index is 748. The summed E-state index contributed by atoms with van der Waals surface area (Å²) in [7, 11) is 0. The fourth-order valence-corrected chi connectivity index (χ4v) is 2.48. The average molecular weight is 336 g/mol. The van der Waals surface area contributed by atoms with Crippen molar-refractivity contribution in [2.45, 2.75) is 0 Å². The van der Waals surface area contributed by atoms with E-state index in [0.29, 0.717) is 21.6 Å². The van der Waals surface area contributed by atoms with Gasteiger partial charge in [0, 0.05) is 28.5 Å². The highest BCUT2D eigenvalue weighted by Gasteiger charge is 2.15. The van der Waals surface area contributed by atoms with Gasteiger partial charge < -0.3 is 0 Å². The second kappa shape index (κ2) is 6.21. The van der Waals surface area contributed by atoms with E-state index in [1.165, 1.54) is 4.90 Å². The van der Waals surface area contributed by atoms with Gasteiger partial charge in [-0.1, -0.05) is 23.2 Å². The maximum atomic E-state index is 12.2. The zero-order chi connectivity index (χ0) is 15.5. The van der Waals surface area contributed by atoms with E-state index >= 15 is 0 Å². The first-order valence-electron chi connectivity index (χ1n) is 6.38. The van der Waals surface area contributed by atoms with Crippen LogP contribution in [0.25, 0.3) is 5.69 Å². The Hall–Kier alpha value is -2.31. The van der Waals surface area contributed by atoms with Crippen LogP contribution in [0.1, 0.15) is 0 Å². The van der Waals surface area contributed by atoms with Crippen LogP contribution in [0.3, 0.4) is 0 Å². The lowest BCUT2D eigenvalue weighted by molar-refractivity contribution is 0.229. The molecule has 0 saturated carbocycles. The normalized spacial score (nSPS) is 13.5. The minimum absolute atomic E-state index is 0.277. The van der Waals surface area contributed by atoms with Crippen molar-refractivity contribution in [3.63, 3.8) is 0 Å². The number of allylic oxidation sites excluding steroid dienone is 1. The van der Waals surface area contributed by atoms with Crippen LogP contribution >= 0.6 is 23.2 Å². The van der Waals surface area contributed by atoms with Gasteiger partial charge >= 0.3 is 6.03 Å². The highest BCUT2D eigenvalue weighted by Crippen LogP contribution is 2.24. The summed E-state index contributed by atoms with van der Waals surface area (Å²) in [5, 5.41) is 7.94. The zero-order valence-electron chi connectivity index (χ0n) is 11.3. The summed E-state index contributed by atoms with van der Waals surface area (Å²) in [4.78, 5) is 17.6. The molecule has 0 aliphatic carbocycles. The number of nitrogens with one attached hydrogen (secondary N) is 1. The summed E-state index contributed by atoms with van der Waals surface area (Å²) in [6.07, 6.45) is 6.56. The van der Waals surface area contributed by atoms with E-state index in [1.54, 1.807) is 53.6 Å². The smallest absolute Gasteiger partial charge is 0.292 e. The van der Waals surface area contributed by atoms with Gasteiger partial charge in [-0.05, 0) is 24.3 Å². The van der Waals surface area contributed by atoms with Crippen molar-refractivity contribution in [1.29, 1.82) is 0 Å². The van der Waals surface area contributed by atoms with Gasteiger partial charge in [-0.15, -0.1) is 0 Å². The van der Waals surface area contributed by atoms with E-state index in [9.17, 15) is 4.79 Å². The SMILES string of the molecule is O=C(Nc1ccnn1-c1cc(Cl)cc(Cl)c1)N1C=CC=NC1. The topological polar surface area (TPSA) is 62.5 Å². The number of hydrogen-bond acceptors (Lipinski definition) is 3. The molecule has 0 atom stereocenters. The molecule has 0 fully saturated rings. The number of halogens is 2.